The topological polar surface area (TPSA) is 518 Å². The Labute approximate surface area is 574 Å². The summed E-state index contributed by atoms with van der Waals surface area (Å²) in [6, 6.07) is 0. The van der Waals surface area contributed by atoms with Gasteiger partial charge in [0.25, 0.3) is 29.1 Å². The number of nitrogens with two attached hydrogens (primary N) is 1. The Kier molecular flexibility index (Phi) is 27.1. The van der Waals surface area contributed by atoms with Crippen molar-refractivity contribution in [2.75, 3.05) is 53.0 Å². The van der Waals surface area contributed by atoms with E-state index >= 15 is 0 Å². The third-order valence-electron chi connectivity index (χ3n) is 14.5. The molecule has 0 aliphatic carbocycles. The highest BCUT2D eigenvalue weighted by Gasteiger charge is 2.53. The number of imidazole rings is 1. The molecule has 0 aromatic carbocycles. The maximum absolute atomic E-state index is 14.9. The number of ether oxygens (including phenoxy) is 6. The van der Waals surface area contributed by atoms with Crippen LogP contribution in [0.1, 0.15) is 76.8 Å². The van der Waals surface area contributed by atoms with Crippen LogP contribution in [0.5, 0.6) is 0 Å². The normalized spacial score (nSPS) is 28.0. The summed E-state index contributed by atoms with van der Waals surface area (Å²) in [6.45, 7) is -19.5. The van der Waals surface area contributed by atoms with E-state index in [0.29, 0.717) is 0 Å². The summed E-state index contributed by atoms with van der Waals surface area (Å²) in [4.78, 5) is 139. The van der Waals surface area contributed by atoms with Crippen molar-refractivity contribution in [2.45, 2.75) is 153 Å². The highest BCUT2D eigenvalue weighted by atomic mass is 32.7. The first kappa shape index (κ1) is 79.5. The molecule has 19 atom stereocenters. The van der Waals surface area contributed by atoms with Crippen LogP contribution in [-0.4, -0.2) is 200 Å². The van der Waals surface area contributed by atoms with E-state index in [0.717, 1.165) is 27.3 Å². The number of nitrogens with one attached hydrogen (secondary N) is 4. The molecule has 0 radical (unpaired) electrons. The molecule has 4 aromatic heterocycles. The van der Waals surface area contributed by atoms with Crippen molar-refractivity contribution in [1.29, 1.82) is 0 Å². The summed E-state index contributed by atoms with van der Waals surface area (Å²) < 4.78 is 112. The molecule has 8 heterocycles. The number of aryl methyl sites for hydroxylation is 2. The Balaban J connectivity index is 1.06. The minimum atomic E-state index is -5.18. The van der Waals surface area contributed by atoms with Gasteiger partial charge in [-0.15, -0.1) is 0 Å². The van der Waals surface area contributed by atoms with E-state index in [2.05, 4.69) is 42.5 Å². The van der Waals surface area contributed by atoms with Gasteiger partial charge in [0.2, 0.25) is 12.3 Å². The van der Waals surface area contributed by atoms with Gasteiger partial charge >= 0.3 is 45.1 Å². The number of aromatic nitrogens is 8. The maximum atomic E-state index is 14.9. The monoisotopic (exact) mass is 1570 g/mol. The Morgan fingerprint density at radius 3 is 1.84 bits per heavy atom. The first-order valence-corrected chi connectivity index (χ1v) is 41.8. The minimum absolute atomic E-state index is 0.00372. The number of carbonyl (C=O) groups excluding carboxylic acids is 1. The molecular weight excluding hydrogens is 1500 g/mol. The van der Waals surface area contributed by atoms with E-state index in [1.54, 1.807) is 13.8 Å². The molecule has 3 saturated heterocycles. The molecule has 0 saturated carbocycles. The third kappa shape index (κ3) is 20.8. The van der Waals surface area contributed by atoms with Crippen LogP contribution in [0, 0.1) is 13.8 Å². The van der Waals surface area contributed by atoms with Gasteiger partial charge in [-0.1, -0.05) is 12.2 Å². The predicted octanol–water partition coefficient (Wildman–Crippen LogP) is 0.147. The summed E-state index contributed by atoms with van der Waals surface area (Å²) in [5.74, 6) is -0.909. The lowest BCUT2D eigenvalue weighted by Crippen LogP contribution is -2.57. The second-order valence-corrected chi connectivity index (χ2v) is 35.9. The van der Waals surface area contributed by atoms with Crippen molar-refractivity contribution in [2.24, 2.45) is 0 Å². The maximum Gasteiger partial charge on any atom is 0.390 e. The van der Waals surface area contributed by atoms with Crippen LogP contribution in [0.15, 0.2) is 54.5 Å². The fourth-order valence-electron chi connectivity index (χ4n) is 9.90. The van der Waals surface area contributed by atoms with Crippen LogP contribution in [0.25, 0.3) is 11.2 Å². The number of nitrogen functional groups attached to an aromatic ring is 1. The fraction of sp³-hybridized carbons (Fsp3) is 0.660. The second-order valence-electron chi connectivity index (χ2n) is 22.0. The van der Waals surface area contributed by atoms with Gasteiger partial charge in [0.05, 0.1) is 57.2 Å². The standard InChI is InChI=1S/C47H72N11O29P5S5/c1-21(2)82-89(68,94)75-17-29-27(13-32(79-29)58-20-49-33-36(58)50-43(48)51-40(33)63)84-90(69,95)76-18-28-26(12-31(78-28)55-14-22(3)37(60)52-44(55)64)83-91(70,96)77-19-30-34(35(73-8)42(80-30)57-16-24(5)39(62)54-46(57)66)85-92(71,97)87-47(86-88(67,93)74-11-9-10-59)81-41(25(6)72-7)56-15-23(4)38(61)53-45(56)65/h14-16,20-21,25-32,34-35,41-42,45,47,59,65H,9-13,17-19H2,1-8H3,(H,53,61)(H,67,93)(H,68,94)(H,69,95)(H,70,96)(H,71,97)(H,52,60,64)(H,54,62,66)(H3,48,50,51,63)/t25?,26?,27?,28-,29-,30-,31-,32-,34?,35?,41-,42-,45?,47?,88?,89?,90?,91?,92?/m1/s1. The van der Waals surface area contributed by atoms with Crippen molar-refractivity contribution in [3.8, 4) is 0 Å². The van der Waals surface area contributed by atoms with Crippen molar-refractivity contribution < 1.29 is 113 Å². The molecule has 12 N–H and O–H groups in total. The van der Waals surface area contributed by atoms with E-state index in [9.17, 15) is 63.1 Å². The Morgan fingerprint density at radius 1 is 0.722 bits per heavy atom. The summed E-state index contributed by atoms with van der Waals surface area (Å²) in [7, 11) is 2.36. The number of carbonyl (C=O) groups is 1. The van der Waals surface area contributed by atoms with Crippen LogP contribution in [-0.2, 0) is 130 Å². The van der Waals surface area contributed by atoms with Crippen molar-refractivity contribution in [1.82, 2.24) is 48.8 Å². The molecule has 3 fully saturated rings. The van der Waals surface area contributed by atoms with E-state index in [4.69, 9.17) is 127 Å². The van der Waals surface area contributed by atoms with Crippen LogP contribution >= 0.6 is 45.9 Å². The molecule has 1 amide bonds. The van der Waals surface area contributed by atoms with Gasteiger partial charge in [0.1, 0.15) is 43.0 Å². The van der Waals surface area contributed by atoms with E-state index < -0.39 is 187 Å². The molecule has 544 valence electrons. The van der Waals surface area contributed by atoms with Crippen LogP contribution < -0.4 is 39.1 Å². The van der Waals surface area contributed by atoms with Gasteiger partial charge in [-0.05, 0) is 95.2 Å². The number of aliphatic hydroxyl groups is 2. The number of hydrogen-bond acceptors (Lipinski definition) is 33. The number of anilines is 1. The van der Waals surface area contributed by atoms with Crippen molar-refractivity contribution >= 4 is 116 Å². The van der Waals surface area contributed by atoms with Crippen molar-refractivity contribution in [3.63, 3.8) is 0 Å². The minimum Gasteiger partial charge on any atom is -0.396 e. The Hall–Kier alpha value is -3.18. The zero-order chi connectivity index (χ0) is 71.4. The fourth-order valence-corrected chi connectivity index (χ4v) is 17.2. The second kappa shape index (κ2) is 33.1. The molecule has 0 bridgehead atoms. The van der Waals surface area contributed by atoms with Crippen molar-refractivity contribution in [3.05, 3.63) is 93.7 Å². The third-order valence-corrected chi connectivity index (χ3v) is 22.4. The number of nitrogens with zero attached hydrogens (tertiary/aromatic N) is 6. The van der Waals surface area contributed by atoms with Gasteiger partial charge in [0, 0.05) is 69.0 Å². The predicted molar refractivity (Wildman–Crippen MR) is 352 cm³/mol. The lowest BCUT2D eigenvalue weighted by molar-refractivity contribution is -0.284. The number of thiol groups is 1. The van der Waals surface area contributed by atoms with Crippen LogP contribution in [0.2, 0.25) is 0 Å². The highest BCUT2D eigenvalue weighted by molar-refractivity contribution is 8.44. The summed E-state index contributed by atoms with van der Waals surface area (Å²) in [6.07, 6.45) is -15.5. The van der Waals surface area contributed by atoms with E-state index in [-0.39, 0.29) is 59.7 Å². The summed E-state index contributed by atoms with van der Waals surface area (Å²) in [5, 5.41) is 22.6. The SMILES string of the molecule is COC(C)[C@@H](OC(OP(=O)(S)OC1C(OC)[C@H](n2cc(C)c(=O)[nH]c2=O)O[C@@H]1COP(O)(=S)OC1C[C@H](n2cc(C)c(=O)[nH]c2=O)O[C@@H]1COP(O)(=S)OC1C[C@H](n2cnc3c(=O)[nH]c(N)nc32)O[C@@H]1COP(O)(=S)OC(C)C)OP(O)(=S)OCCCO)N1C=C(C)C(=O)NC1O. The van der Waals surface area contributed by atoms with Gasteiger partial charge in [-0.2, -0.15) is 4.98 Å². The van der Waals surface area contributed by atoms with E-state index in [1.807, 2.05) is 0 Å². The largest absolute Gasteiger partial charge is 0.396 e. The molecule has 4 aromatic rings. The molecule has 8 rings (SSSR count). The molecular formula is C47H72N11O29P5S5. The number of methoxy groups -OCH3 is 2. The average molecular weight is 1570 g/mol. The molecule has 0 spiro atoms. The zero-order valence-corrected chi connectivity index (χ0v) is 60.9. The molecule has 4 aliphatic heterocycles. The lowest BCUT2D eigenvalue weighted by atomic mass is 10.1. The van der Waals surface area contributed by atoms with Crippen LogP contribution in [0.3, 0.4) is 0 Å². The first-order chi connectivity index (χ1) is 45.3. The number of amides is 1. The van der Waals surface area contributed by atoms with Crippen LogP contribution in [0.4, 0.5) is 5.95 Å². The summed E-state index contributed by atoms with van der Waals surface area (Å²) >= 11 is 25.6. The average Bonchev–Trinajstić information content (AvgIpc) is 1.65. The summed E-state index contributed by atoms with van der Waals surface area (Å²) in [5.41, 5.74) is 1.73. The Morgan fingerprint density at radius 2 is 1.27 bits per heavy atom. The number of H-pyrrole nitrogens is 3. The lowest BCUT2D eigenvalue weighted by Gasteiger charge is -2.41. The molecule has 50 heteroatoms. The smallest absolute Gasteiger partial charge is 0.390 e. The number of rotatable bonds is 34. The molecule has 12 unspecified atom stereocenters. The number of fused-ring (bicyclic) bond motifs is 1. The molecule has 97 heavy (non-hydrogen) atoms. The zero-order valence-electron chi connectivity index (χ0n) is 52.3. The Bertz CT molecular complexity index is 4090. The molecule has 40 nitrogen and oxygen atoms in total. The number of aliphatic hydroxyl groups excluding tert-OH is 2. The number of aromatic amines is 3. The highest BCUT2D eigenvalue weighted by Crippen LogP contribution is 2.60. The van der Waals surface area contributed by atoms with Gasteiger partial charge in [-0.3, -0.25) is 56.9 Å². The first-order valence-electron chi connectivity index (χ1n) is 28.7. The van der Waals surface area contributed by atoms with E-state index in [1.165, 1.54) is 58.1 Å². The van der Waals surface area contributed by atoms with Gasteiger partial charge < -0.3 is 106 Å². The molecule has 4 aliphatic rings. The quantitative estimate of drug-likeness (QED) is 0.0128. The van der Waals surface area contributed by atoms with Gasteiger partial charge in [0.15, 0.2) is 23.6 Å². The number of hydrogen-bond donors (Lipinski definition) is 12. The van der Waals surface area contributed by atoms with Gasteiger partial charge in [-0.25, -0.2) is 23.7 Å².